The first-order valence-corrected chi connectivity index (χ1v) is 6.35. The molecule has 0 N–H and O–H groups in total. The maximum Gasteiger partial charge on any atom is 0.273 e. The molecule has 0 saturated carbocycles. The van der Waals surface area contributed by atoms with Crippen LogP contribution in [0.2, 0.25) is 0 Å². The van der Waals surface area contributed by atoms with E-state index >= 15 is 0 Å². The van der Waals surface area contributed by atoms with Crippen LogP contribution in [0.25, 0.3) is 5.69 Å². The summed E-state index contributed by atoms with van der Waals surface area (Å²) in [5, 5.41) is 15.3. The summed E-state index contributed by atoms with van der Waals surface area (Å²) in [4.78, 5) is 10.5. The Morgan fingerprint density at radius 3 is 2.53 bits per heavy atom. The highest BCUT2D eigenvalue weighted by molar-refractivity contribution is 6.17. The summed E-state index contributed by atoms with van der Waals surface area (Å²) in [6.07, 6.45) is 0. The molecule has 0 aliphatic carbocycles. The van der Waals surface area contributed by atoms with E-state index in [2.05, 4.69) is 5.10 Å². The van der Waals surface area contributed by atoms with E-state index in [1.807, 2.05) is 20.8 Å². The summed E-state index contributed by atoms with van der Waals surface area (Å²) >= 11 is 5.78. The van der Waals surface area contributed by atoms with E-state index in [1.54, 1.807) is 16.8 Å². The van der Waals surface area contributed by atoms with Crippen LogP contribution in [0.15, 0.2) is 18.2 Å². The Morgan fingerprint density at radius 2 is 2.05 bits per heavy atom. The maximum absolute atomic E-state index is 10.9. The van der Waals surface area contributed by atoms with Crippen molar-refractivity contribution in [3.05, 3.63) is 50.8 Å². The van der Waals surface area contributed by atoms with E-state index in [0.717, 1.165) is 22.6 Å². The number of nitro groups is 1. The van der Waals surface area contributed by atoms with Gasteiger partial charge in [0.15, 0.2) is 0 Å². The predicted octanol–water partition coefficient (Wildman–Crippen LogP) is 3.44. The second-order valence-electron chi connectivity index (χ2n) is 4.41. The van der Waals surface area contributed by atoms with Crippen LogP contribution in [0.4, 0.5) is 5.69 Å². The molecule has 0 spiro atoms. The Bertz CT molecular complexity index is 650. The van der Waals surface area contributed by atoms with Crippen molar-refractivity contribution in [2.75, 3.05) is 0 Å². The molecule has 2 aromatic rings. The van der Waals surface area contributed by atoms with Crippen LogP contribution >= 0.6 is 11.6 Å². The molecule has 0 aliphatic heterocycles. The van der Waals surface area contributed by atoms with Gasteiger partial charge in [0.25, 0.3) is 5.69 Å². The van der Waals surface area contributed by atoms with Gasteiger partial charge >= 0.3 is 0 Å². The maximum atomic E-state index is 10.9. The first kappa shape index (κ1) is 13.5. The van der Waals surface area contributed by atoms with Gasteiger partial charge < -0.3 is 0 Å². The number of rotatable bonds is 3. The van der Waals surface area contributed by atoms with E-state index in [0.29, 0.717) is 5.56 Å². The number of benzene rings is 1. The first-order valence-electron chi connectivity index (χ1n) is 5.82. The monoisotopic (exact) mass is 279 g/mol. The van der Waals surface area contributed by atoms with Crippen molar-refractivity contribution in [3.63, 3.8) is 0 Å². The van der Waals surface area contributed by atoms with Crippen molar-refractivity contribution in [3.8, 4) is 5.69 Å². The lowest BCUT2D eigenvalue weighted by atomic mass is 10.1. The topological polar surface area (TPSA) is 61.0 Å². The molecule has 1 aromatic heterocycles. The molecule has 0 unspecified atom stereocenters. The summed E-state index contributed by atoms with van der Waals surface area (Å²) in [6.45, 7) is 5.91. The summed E-state index contributed by atoms with van der Waals surface area (Å²) in [6, 6.07) is 4.87. The van der Waals surface area contributed by atoms with Gasteiger partial charge in [-0.2, -0.15) is 5.10 Å². The van der Waals surface area contributed by atoms with Gasteiger partial charge in [-0.05, 0) is 38.5 Å². The van der Waals surface area contributed by atoms with Crippen LogP contribution in [0.3, 0.4) is 0 Å². The zero-order chi connectivity index (χ0) is 14.2. The fourth-order valence-electron chi connectivity index (χ4n) is 1.96. The number of halogens is 1. The van der Waals surface area contributed by atoms with Crippen LogP contribution < -0.4 is 0 Å². The Kier molecular flexibility index (Phi) is 3.57. The molecule has 1 aromatic carbocycles. The first-order chi connectivity index (χ1) is 8.95. The number of hydrogen-bond donors (Lipinski definition) is 0. The molecule has 0 aliphatic rings. The lowest BCUT2D eigenvalue weighted by molar-refractivity contribution is -0.385. The summed E-state index contributed by atoms with van der Waals surface area (Å²) in [5.41, 5.74) is 4.40. The number of nitrogens with zero attached hydrogens (tertiary/aromatic N) is 3. The molecule has 0 fully saturated rings. The van der Waals surface area contributed by atoms with E-state index < -0.39 is 4.92 Å². The lowest BCUT2D eigenvalue weighted by Crippen LogP contribution is -2.02. The van der Waals surface area contributed by atoms with Crippen molar-refractivity contribution in [1.82, 2.24) is 9.78 Å². The number of aromatic nitrogens is 2. The molecular formula is C13H14ClN3O2. The Balaban J connectivity index is 2.58. The van der Waals surface area contributed by atoms with Gasteiger partial charge in [-0.3, -0.25) is 10.1 Å². The second-order valence-corrected chi connectivity index (χ2v) is 4.68. The van der Waals surface area contributed by atoms with Crippen LogP contribution in [0.5, 0.6) is 0 Å². The summed E-state index contributed by atoms with van der Waals surface area (Å²) in [5.74, 6) is 0.0996. The number of hydrogen-bond acceptors (Lipinski definition) is 3. The molecule has 1 heterocycles. The molecule has 5 nitrogen and oxygen atoms in total. The Hall–Kier alpha value is -1.88. The van der Waals surface area contributed by atoms with Crippen LogP contribution in [-0.2, 0) is 5.88 Å². The van der Waals surface area contributed by atoms with Gasteiger partial charge in [0.05, 0.1) is 22.2 Å². The zero-order valence-corrected chi connectivity index (χ0v) is 11.7. The second kappa shape index (κ2) is 5.01. The van der Waals surface area contributed by atoms with Gasteiger partial charge in [-0.25, -0.2) is 4.68 Å². The average Bonchev–Trinajstić information content (AvgIpc) is 2.65. The molecule has 0 radical (unpaired) electrons. The molecule has 0 saturated heterocycles. The highest BCUT2D eigenvalue weighted by atomic mass is 35.5. The van der Waals surface area contributed by atoms with E-state index in [-0.39, 0.29) is 11.6 Å². The lowest BCUT2D eigenvalue weighted by Gasteiger charge is -2.07. The Labute approximate surface area is 116 Å². The predicted molar refractivity (Wildman–Crippen MR) is 74.0 cm³/mol. The van der Waals surface area contributed by atoms with Gasteiger partial charge in [0.2, 0.25) is 0 Å². The van der Waals surface area contributed by atoms with Gasteiger partial charge in [-0.15, -0.1) is 11.6 Å². The number of nitro benzene ring substituents is 1. The molecule has 100 valence electrons. The molecule has 0 atom stereocenters. The standard InChI is InChI=1S/C13H14ClN3O2/c1-8-9(2)15-16(10(8)3)12-4-5-13(17(18)19)11(6-12)7-14/h4-6H,7H2,1-3H3. The molecule has 0 amide bonds. The van der Waals surface area contributed by atoms with Crippen molar-refractivity contribution < 1.29 is 4.92 Å². The van der Waals surface area contributed by atoms with Crippen molar-refractivity contribution in [2.45, 2.75) is 26.7 Å². The highest BCUT2D eigenvalue weighted by Gasteiger charge is 2.16. The van der Waals surface area contributed by atoms with Gasteiger partial charge in [-0.1, -0.05) is 0 Å². The van der Waals surface area contributed by atoms with E-state index in [4.69, 9.17) is 11.6 Å². The third-order valence-corrected chi connectivity index (χ3v) is 3.59. The largest absolute Gasteiger partial charge is 0.273 e. The van der Waals surface area contributed by atoms with Crippen molar-refractivity contribution in [1.29, 1.82) is 0 Å². The third kappa shape index (κ3) is 2.33. The van der Waals surface area contributed by atoms with Crippen LogP contribution in [-0.4, -0.2) is 14.7 Å². The van der Waals surface area contributed by atoms with Crippen LogP contribution in [0.1, 0.15) is 22.5 Å². The zero-order valence-electron chi connectivity index (χ0n) is 11.0. The van der Waals surface area contributed by atoms with Crippen LogP contribution in [0, 0.1) is 30.9 Å². The van der Waals surface area contributed by atoms with E-state index in [1.165, 1.54) is 6.07 Å². The minimum atomic E-state index is -0.423. The smallest absolute Gasteiger partial charge is 0.258 e. The highest BCUT2D eigenvalue weighted by Crippen LogP contribution is 2.25. The third-order valence-electron chi connectivity index (χ3n) is 3.30. The molecule has 6 heteroatoms. The fourth-order valence-corrected chi connectivity index (χ4v) is 2.17. The van der Waals surface area contributed by atoms with E-state index in [9.17, 15) is 10.1 Å². The fraction of sp³-hybridized carbons (Fsp3) is 0.308. The SMILES string of the molecule is Cc1nn(-c2ccc([N+](=O)[O-])c(CCl)c2)c(C)c1C. The number of alkyl halides is 1. The molecule has 2 rings (SSSR count). The minimum Gasteiger partial charge on any atom is -0.258 e. The average molecular weight is 280 g/mol. The Morgan fingerprint density at radius 1 is 1.37 bits per heavy atom. The quantitative estimate of drug-likeness (QED) is 0.491. The van der Waals surface area contributed by atoms with Crippen molar-refractivity contribution >= 4 is 17.3 Å². The molecule has 19 heavy (non-hydrogen) atoms. The minimum absolute atomic E-state index is 0.0389. The molecule has 0 bridgehead atoms. The van der Waals surface area contributed by atoms with Gasteiger partial charge in [0, 0.05) is 17.3 Å². The van der Waals surface area contributed by atoms with Gasteiger partial charge in [0.1, 0.15) is 0 Å². The normalized spacial score (nSPS) is 10.7. The number of aryl methyl sites for hydroxylation is 1. The summed E-state index contributed by atoms with van der Waals surface area (Å²) < 4.78 is 1.78. The summed E-state index contributed by atoms with van der Waals surface area (Å²) in [7, 11) is 0. The van der Waals surface area contributed by atoms with Crippen molar-refractivity contribution in [2.24, 2.45) is 0 Å². The molecular weight excluding hydrogens is 266 g/mol.